The third-order valence-corrected chi connectivity index (χ3v) is 2.44. The van der Waals surface area contributed by atoms with Crippen molar-refractivity contribution in [2.75, 3.05) is 0 Å². The number of aromatic nitrogens is 2. The van der Waals surface area contributed by atoms with Crippen LogP contribution < -0.4 is 0 Å². The smallest absolute Gasteiger partial charge is 0.140 e. The van der Waals surface area contributed by atoms with Gasteiger partial charge in [0.2, 0.25) is 0 Å². The van der Waals surface area contributed by atoms with Gasteiger partial charge < -0.3 is 4.57 Å². The van der Waals surface area contributed by atoms with Crippen molar-refractivity contribution in [1.29, 1.82) is 0 Å². The first-order valence-electron chi connectivity index (χ1n) is 4.90. The fourth-order valence-electron chi connectivity index (χ4n) is 1.63. The summed E-state index contributed by atoms with van der Waals surface area (Å²) in [7, 11) is 0. The lowest BCUT2D eigenvalue weighted by molar-refractivity contribution is 0.770. The highest BCUT2D eigenvalue weighted by atomic mass is 15.1. The van der Waals surface area contributed by atoms with Crippen LogP contribution in [0.4, 0.5) is 0 Å². The molecule has 0 fully saturated rings. The highest BCUT2D eigenvalue weighted by Gasteiger charge is 2.05. The standard InChI is InChI=1S/C12H14N2/c1-3-14-9-8-13-12(14)11-7-5-4-6-10(11)2/h4-9H,3H2,1-2H3. The molecule has 0 atom stereocenters. The summed E-state index contributed by atoms with van der Waals surface area (Å²) in [5, 5.41) is 0. The summed E-state index contributed by atoms with van der Waals surface area (Å²) in [4.78, 5) is 4.38. The Hall–Kier alpha value is -1.57. The molecule has 2 nitrogen and oxygen atoms in total. The van der Waals surface area contributed by atoms with Crippen LogP contribution in [0.15, 0.2) is 36.7 Å². The number of nitrogens with zero attached hydrogens (tertiary/aromatic N) is 2. The van der Waals surface area contributed by atoms with Crippen molar-refractivity contribution in [3.05, 3.63) is 42.2 Å². The summed E-state index contributed by atoms with van der Waals surface area (Å²) in [5.74, 6) is 1.06. The molecule has 72 valence electrons. The largest absolute Gasteiger partial charge is 0.331 e. The van der Waals surface area contributed by atoms with Crippen molar-refractivity contribution in [1.82, 2.24) is 9.55 Å². The summed E-state index contributed by atoms with van der Waals surface area (Å²) in [6.45, 7) is 5.21. The molecule has 14 heavy (non-hydrogen) atoms. The molecule has 2 rings (SSSR count). The van der Waals surface area contributed by atoms with E-state index in [4.69, 9.17) is 0 Å². The lowest BCUT2D eigenvalue weighted by atomic mass is 10.1. The molecule has 0 amide bonds. The summed E-state index contributed by atoms with van der Waals surface area (Å²) >= 11 is 0. The Balaban J connectivity index is 2.54. The van der Waals surface area contributed by atoms with Gasteiger partial charge in [-0.05, 0) is 19.4 Å². The molecule has 0 bridgehead atoms. The quantitative estimate of drug-likeness (QED) is 0.705. The summed E-state index contributed by atoms with van der Waals surface area (Å²) < 4.78 is 2.16. The van der Waals surface area contributed by atoms with Crippen LogP contribution in [0.1, 0.15) is 12.5 Å². The molecule has 0 aliphatic carbocycles. The van der Waals surface area contributed by atoms with Crippen LogP contribution in [-0.4, -0.2) is 9.55 Å². The van der Waals surface area contributed by atoms with Crippen LogP contribution in [0.5, 0.6) is 0 Å². The van der Waals surface area contributed by atoms with Gasteiger partial charge in [-0.3, -0.25) is 0 Å². The third-order valence-electron chi connectivity index (χ3n) is 2.44. The third kappa shape index (κ3) is 1.43. The van der Waals surface area contributed by atoms with Gasteiger partial charge in [0.1, 0.15) is 5.82 Å². The van der Waals surface area contributed by atoms with E-state index < -0.39 is 0 Å². The van der Waals surface area contributed by atoms with Crippen molar-refractivity contribution >= 4 is 0 Å². The molecule has 0 unspecified atom stereocenters. The Morgan fingerprint density at radius 1 is 1.29 bits per heavy atom. The fourth-order valence-corrected chi connectivity index (χ4v) is 1.63. The molecule has 0 aliphatic heterocycles. The zero-order valence-electron chi connectivity index (χ0n) is 8.57. The van der Waals surface area contributed by atoms with Crippen LogP contribution in [-0.2, 0) is 6.54 Å². The van der Waals surface area contributed by atoms with Gasteiger partial charge in [0.15, 0.2) is 0 Å². The molecule has 2 aromatic rings. The van der Waals surface area contributed by atoms with Crippen molar-refractivity contribution in [3.8, 4) is 11.4 Å². The molecule has 2 heteroatoms. The number of rotatable bonds is 2. The highest BCUT2D eigenvalue weighted by molar-refractivity contribution is 5.60. The number of benzene rings is 1. The minimum Gasteiger partial charge on any atom is -0.331 e. The van der Waals surface area contributed by atoms with Crippen LogP contribution in [0, 0.1) is 6.92 Å². The van der Waals surface area contributed by atoms with Crippen molar-refractivity contribution in [2.45, 2.75) is 20.4 Å². The number of hydrogen-bond acceptors (Lipinski definition) is 1. The van der Waals surface area contributed by atoms with Crippen molar-refractivity contribution < 1.29 is 0 Å². The minimum atomic E-state index is 0.962. The lowest BCUT2D eigenvalue weighted by Crippen LogP contribution is -1.97. The van der Waals surface area contributed by atoms with Crippen LogP contribution in [0.2, 0.25) is 0 Å². The molecule has 1 aromatic carbocycles. The van der Waals surface area contributed by atoms with Crippen LogP contribution >= 0.6 is 0 Å². The monoisotopic (exact) mass is 186 g/mol. The van der Waals surface area contributed by atoms with Gasteiger partial charge in [0.25, 0.3) is 0 Å². The molecule has 0 N–H and O–H groups in total. The average Bonchev–Trinajstić information content (AvgIpc) is 2.66. The molecular formula is C12H14N2. The van der Waals surface area contributed by atoms with E-state index in [0.29, 0.717) is 0 Å². The molecule has 1 aromatic heterocycles. The minimum absolute atomic E-state index is 0.962. The van der Waals surface area contributed by atoms with Gasteiger partial charge in [0, 0.05) is 24.5 Å². The Morgan fingerprint density at radius 3 is 2.79 bits per heavy atom. The second-order valence-corrected chi connectivity index (χ2v) is 3.35. The number of hydrogen-bond donors (Lipinski definition) is 0. The lowest BCUT2D eigenvalue weighted by Gasteiger charge is -2.06. The Labute approximate surface area is 84.2 Å². The Morgan fingerprint density at radius 2 is 2.07 bits per heavy atom. The second-order valence-electron chi connectivity index (χ2n) is 3.35. The Kier molecular flexibility index (Phi) is 2.35. The summed E-state index contributed by atoms with van der Waals surface area (Å²) in [5.41, 5.74) is 2.49. The normalized spacial score (nSPS) is 10.4. The highest BCUT2D eigenvalue weighted by Crippen LogP contribution is 2.20. The fraction of sp³-hybridized carbons (Fsp3) is 0.250. The first-order chi connectivity index (χ1) is 6.83. The second kappa shape index (κ2) is 3.66. The van der Waals surface area contributed by atoms with Gasteiger partial charge in [-0.2, -0.15) is 0 Å². The summed E-state index contributed by atoms with van der Waals surface area (Å²) in [6, 6.07) is 8.34. The van der Waals surface area contributed by atoms with E-state index in [1.54, 1.807) is 0 Å². The molecule has 0 spiro atoms. The van der Waals surface area contributed by atoms with Gasteiger partial charge >= 0.3 is 0 Å². The van der Waals surface area contributed by atoms with Crippen LogP contribution in [0.3, 0.4) is 0 Å². The predicted octanol–water partition coefficient (Wildman–Crippen LogP) is 2.88. The van der Waals surface area contributed by atoms with E-state index >= 15 is 0 Å². The summed E-state index contributed by atoms with van der Waals surface area (Å²) in [6.07, 6.45) is 3.87. The molecule has 0 aliphatic rings. The maximum absolute atomic E-state index is 4.38. The zero-order valence-corrected chi connectivity index (χ0v) is 8.57. The van der Waals surface area contributed by atoms with E-state index in [1.807, 2.05) is 12.4 Å². The maximum atomic E-state index is 4.38. The number of aryl methyl sites for hydroxylation is 2. The van der Waals surface area contributed by atoms with Gasteiger partial charge in [0.05, 0.1) is 0 Å². The van der Waals surface area contributed by atoms with E-state index in [2.05, 4.69) is 47.7 Å². The predicted molar refractivity (Wildman–Crippen MR) is 58.1 cm³/mol. The van der Waals surface area contributed by atoms with Crippen molar-refractivity contribution in [3.63, 3.8) is 0 Å². The maximum Gasteiger partial charge on any atom is 0.140 e. The van der Waals surface area contributed by atoms with Gasteiger partial charge in [-0.25, -0.2) is 4.98 Å². The van der Waals surface area contributed by atoms with Crippen LogP contribution in [0.25, 0.3) is 11.4 Å². The zero-order chi connectivity index (χ0) is 9.97. The van der Waals surface area contributed by atoms with Crippen molar-refractivity contribution in [2.24, 2.45) is 0 Å². The molecule has 1 heterocycles. The topological polar surface area (TPSA) is 17.8 Å². The molecule has 0 radical (unpaired) electrons. The van der Waals surface area contributed by atoms with E-state index in [0.717, 1.165) is 12.4 Å². The molecule has 0 saturated heterocycles. The van der Waals surface area contributed by atoms with Gasteiger partial charge in [-0.15, -0.1) is 0 Å². The average molecular weight is 186 g/mol. The van der Waals surface area contributed by atoms with E-state index in [9.17, 15) is 0 Å². The first-order valence-corrected chi connectivity index (χ1v) is 4.90. The van der Waals surface area contributed by atoms with Gasteiger partial charge in [-0.1, -0.05) is 24.3 Å². The molecular weight excluding hydrogens is 172 g/mol. The molecule has 0 saturated carbocycles. The SMILES string of the molecule is CCn1ccnc1-c1ccccc1C. The first kappa shape index (κ1) is 9.00. The van der Waals surface area contributed by atoms with E-state index in [-0.39, 0.29) is 0 Å². The number of imidazole rings is 1. The Bertz CT molecular complexity index is 429. The van der Waals surface area contributed by atoms with E-state index in [1.165, 1.54) is 11.1 Å².